The van der Waals surface area contributed by atoms with Gasteiger partial charge in [0.1, 0.15) is 0 Å². The van der Waals surface area contributed by atoms with E-state index in [1.165, 1.54) is 27.5 Å². The smallest absolute Gasteiger partial charge is 0.258 e. The number of benzene rings is 1. The fourth-order valence-electron chi connectivity index (χ4n) is 1.70. The number of fused-ring (bicyclic) bond motifs is 1. The summed E-state index contributed by atoms with van der Waals surface area (Å²) in [6.07, 6.45) is 1.72. The molecule has 0 N–H and O–H groups in total. The second kappa shape index (κ2) is 5.77. The molecular weight excluding hydrogens is 335 g/mol. The molecule has 0 fully saturated rings. The standard InChI is InChI=1S/C13H8Cl2N2OS2/c14-8-1-2-10(15)11(5-8)20-7-9-6-12(18)17-3-4-19-13(17)16-9/h1-6H,7H2. The van der Waals surface area contributed by atoms with Gasteiger partial charge in [-0.3, -0.25) is 9.20 Å². The van der Waals surface area contributed by atoms with Crippen LogP contribution < -0.4 is 5.56 Å². The van der Waals surface area contributed by atoms with Crippen LogP contribution in [-0.2, 0) is 5.75 Å². The van der Waals surface area contributed by atoms with Gasteiger partial charge >= 0.3 is 0 Å². The number of hydrogen-bond donors (Lipinski definition) is 0. The van der Waals surface area contributed by atoms with E-state index in [1.54, 1.807) is 24.4 Å². The molecule has 0 aliphatic heterocycles. The second-order valence-electron chi connectivity index (χ2n) is 4.00. The zero-order valence-electron chi connectivity index (χ0n) is 10.0. The highest BCUT2D eigenvalue weighted by Gasteiger charge is 2.06. The Labute approximate surface area is 133 Å². The molecule has 3 aromatic rings. The van der Waals surface area contributed by atoms with Crippen molar-refractivity contribution in [3.05, 3.63) is 61.9 Å². The van der Waals surface area contributed by atoms with Gasteiger partial charge in [-0.15, -0.1) is 23.1 Å². The predicted molar refractivity (Wildman–Crippen MR) is 85.4 cm³/mol. The Balaban J connectivity index is 1.86. The molecule has 2 heterocycles. The Bertz CT molecular complexity index is 829. The van der Waals surface area contributed by atoms with Crippen LogP contribution in [0.25, 0.3) is 4.96 Å². The minimum Gasteiger partial charge on any atom is -0.269 e. The largest absolute Gasteiger partial charge is 0.269 e. The molecule has 0 unspecified atom stereocenters. The minimum absolute atomic E-state index is 0.0657. The van der Waals surface area contributed by atoms with Crippen molar-refractivity contribution in [2.75, 3.05) is 0 Å². The number of nitrogens with zero attached hydrogens (tertiary/aromatic N) is 2. The zero-order chi connectivity index (χ0) is 14.1. The summed E-state index contributed by atoms with van der Waals surface area (Å²) in [6.45, 7) is 0. The van der Waals surface area contributed by atoms with E-state index in [0.29, 0.717) is 20.8 Å². The van der Waals surface area contributed by atoms with Crippen molar-refractivity contribution in [3.63, 3.8) is 0 Å². The quantitative estimate of drug-likeness (QED) is 0.663. The molecule has 3 nitrogen and oxygen atoms in total. The van der Waals surface area contributed by atoms with Gasteiger partial charge in [0.05, 0.1) is 10.7 Å². The van der Waals surface area contributed by atoms with Crippen molar-refractivity contribution < 1.29 is 0 Å². The SMILES string of the molecule is O=c1cc(CSc2cc(Cl)ccc2Cl)nc2sccn12. The van der Waals surface area contributed by atoms with Gasteiger partial charge in [-0.1, -0.05) is 23.2 Å². The second-order valence-corrected chi connectivity index (χ2v) is 6.74. The van der Waals surface area contributed by atoms with E-state index < -0.39 is 0 Å². The number of thiazole rings is 1. The Morgan fingerprint density at radius 3 is 3.00 bits per heavy atom. The third kappa shape index (κ3) is 2.86. The van der Waals surface area contributed by atoms with Crippen LogP contribution in [0.5, 0.6) is 0 Å². The molecule has 20 heavy (non-hydrogen) atoms. The lowest BCUT2D eigenvalue weighted by Crippen LogP contribution is -2.12. The summed E-state index contributed by atoms with van der Waals surface area (Å²) in [5.41, 5.74) is 0.669. The van der Waals surface area contributed by atoms with Gasteiger partial charge in [0.2, 0.25) is 0 Å². The Morgan fingerprint density at radius 2 is 2.15 bits per heavy atom. The Morgan fingerprint density at radius 1 is 1.30 bits per heavy atom. The first kappa shape index (κ1) is 13.9. The number of halogens is 2. The molecule has 0 atom stereocenters. The van der Waals surface area contributed by atoms with Gasteiger partial charge < -0.3 is 0 Å². The van der Waals surface area contributed by atoms with Crippen LogP contribution in [0.15, 0.2) is 45.5 Å². The molecule has 3 rings (SSSR count). The number of aromatic nitrogens is 2. The molecule has 102 valence electrons. The zero-order valence-corrected chi connectivity index (χ0v) is 13.2. The highest BCUT2D eigenvalue weighted by Crippen LogP contribution is 2.31. The molecule has 0 saturated heterocycles. The van der Waals surface area contributed by atoms with E-state index in [4.69, 9.17) is 23.2 Å². The lowest BCUT2D eigenvalue weighted by Gasteiger charge is -2.04. The summed E-state index contributed by atoms with van der Waals surface area (Å²) >= 11 is 15.0. The van der Waals surface area contributed by atoms with Gasteiger partial charge in [-0.05, 0) is 18.2 Å². The van der Waals surface area contributed by atoms with Crippen molar-refractivity contribution in [3.8, 4) is 0 Å². The molecule has 0 aliphatic rings. The molecular formula is C13H8Cl2N2OS2. The van der Waals surface area contributed by atoms with Crippen molar-refractivity contribution in [1.29, 1.82) is 0 Å². The van der Waals surface area contributed by atoms with E-state index in [1.807, 2.05) is 11.4 Å². The van der Waals surface area contributed by atoms with Crippen LogP contribution >= 0.6 is 46.3 Å². The number of rotatable bonds is 3. The van der Waals surface area contributed by atoms with Crippen molar-refractivity contribution in [1.82, 2.24) is 9.38 Å². The van der Waals surface area contributed by atoms with Crippen LogP contribution in [0.3, 0.4) is 0 Å². The molecule has 1 aromatic carbocycles. The van der Waals surface area contributed by atoms with E-state index in [0.717, 1.165) is 10.6 Å². The van der Waals surface area contributed by atoms with Gasteiger partial charge in [0, 0.05) is 33.3 Å². The molecule has 0 radical (unpaired) electrons. The van der Waals surface area contributed by atoms with E-state index in [9.17, 15) is 4.79 Å². The van der Waals surface area contributed by atoms with Gasteiger partial charge in [-0.2, -0.15) is 0 Å². The minimum atomic E-state index is -0.0657. The maximum absolute atomic E-state index is 11.9. The Hall–Kier alpha value is -1.01. The molecule has 0 spiro atoms. The predicted octanol–water partition coefficient (Wildman–Crippen LogP) is 4.36. The van der Waals surface area contributed by atoms with E-state index in [2.05, 4.69) is 4.98 Å². The molecule has 7 heteroatoms. The monoisotopic (exact) mass is 342 g/mol. The summed E-state index contributed by atoms with van der Waals surface area (Å²) in [4.78, 5) is 17.9. The molecule has 0 bridgehead atoms. The van der Waals surface area contributed by atoms with Gasteiger partial charge in [0.25, 0.3) is 5.56 Å². The first-order valence-electron chi connectivity index (χ1n) is 5.67. The molecule has 2 aromatic heterocycles. The third-order valence-electron chi connectivity index (χ3n) is 2.63. The highest BCUT2D eigenvalue weighted by molar-refractivity contribution is 7.98. The van der Waals surface area contributed by atoms with Crippen LogP contribution in [0.1, 0.15) is 5.69 Å². The summed E-state index contributed by atoms with van der Waals surface area (Å²) < 4.78 is 1.53. The van der Waals surface area contributed by atoms with E-state index in [-0.39, 0.29) is 5.56 Å². The summed E-state index contributed by atoms with van der Waals surface area (Å²) in [5.74, 6) is 0.573. The fraction of sp³-hybridized carbons (Fsp3) is 0.0769. The van der Waals surface area contributed by atoms with Crippen molar-refractivity contribution >= 4 is 51.3 Å². The topological polar surface area (TPSA) is 34.4 Å². The van der Waals surface area contributed by atoms with Crippen LogP contribution in [0, 0.1) is 0 Å². The van der Waals surface area contributed by atoms with Crippen LogP contribution in [-0.4, -0.2) is 9.38 Å². The van der Waals surface area contributed by atoms with Crippen molar-refractivity contribution in [2.24, 2.45) is 0 Å². The maximum atomic E-state index is 11.9. The number of thioether (sulfide) groups is 1. The van der Waals surface area contributed by atoms with Crippen LogP contribution in [0.2, 0.25) is 10.0 Å². The fourth-order valence-corrected chi connectivity index (χ4v) is 3.83. The molecule has 0 saturated carbocycles. The average Bonchev–Trinajstić information content (AvgIpc) is 2.89. The third-order valence-corrected chi connectivity index (χ3v) is 5.15. The van der Waals surface area contributed by atoms with Gasteiger partial charge in [-0.25, -0.2) is 4.98 Å². The van der Waals surface area contributed by atoms with Gasteiger partial charge in [0.15, 0.2) is 4.96 Å². The molecule has 0 aliphatic carbocycles. The lowest BCUT2D eigenvalue weighted by atomic mass is 10.4. The first-order valence-corrected chi connectivity index (χ1v) is 8.29. The molecule has 0 amide bonds. The highest BCUT2D eigenvalue weighted by atomic mass is 35.5. The maximum Gasteiger partial charge on any atom is 0.258 e. The first-order chi connectivity index (χ1) is 9.63. The average molecular weight is 343 g/mol. The number of hydrogen-bond acceptors (Lipinski definition) is 4. The normalized spacial score (nSPS) is 11.1. The summed E-state index contributed by atoms with van der Waals surface area (Å²) in [6, 6.07) is 6.86. The summed E-state index contributed by atoms with van der Waals surface area (Å²) in [5, 5.41) is 3.13. The van der Waals surface area contributed by atoms with E-state index >= 15 is 0 Å². The Kier molecular flexibility index (Phi) is 4.03. The van der Waals surface area contributed by atoms with Crippen LogP contribution in [0.4, 0.5) is 0 Å². The lowest BCUT2D eigenvalue weighted by molar-refractivity contribution is 1.04. The summed E-state index contributed by atoms with van der Waals surface area (Å²) in [7, 11) is 0. The van der Waals surface area contributed by atoms with Crippen molar-refractivity contribution in [2.45, 2.75) is 10.6 Å².